The van der Waals surface area contributed by atoms with Crippen molar-refractivity contribution < 1.29 is 18.7 Å². The van der Waals surface area contributed by atoms with Crippen molar-refractivity contribution in [3.63, 3.8) is 0 Å². The standard InChI is InChI=1S/C19H21FN2O3/c1-24-15-9-13(10-16(12-15)25-2)19(23)21-17-11-14(20)5-6-18(17)22-7-3-4-8-22/h5-6,9-12H,3-4,7-8H2,1-2H3,(H,21,23). The first-order chi connectivity index (χ1) is 12.1. The second-order valence-corrected chi connectivity index (χ2v) is 5.91. The predicted octanol–water partition coefficient (Wildman–Crippen LogP) is 3.70. The monoisotopic (exact) mass is 344 g/mol. The zero-order valence-corrected chi connectivity index (χ0v) is 14.3. The molecule has 1 N–H and O–H groups in total. The summed E-state index contributed by atoms with van der Waals surface area (Å²) in [5, 5.41) is 2.82. The van der Waals surface area contributed by atoms with Gasteiger partial charge in [0.1, 0.15) is 17.3 Å². The van der Waals surface area contributed by atoms with E-state index in [1.54, 1.807) is 24.3 Å². The number of halogens is 1. The van der Waals surface area contributed by atoms with Crippen LogP contribution in [0.5, 0.6) is 11.5 Å². The van der Waals surface area contributed by atoms with Crippen molar-refractivity contribution in [3.8, 4) is 11.5 Å². The molecule has 0 aromatic heterocycles. The van der Waals surface area contributed by atoms with Crippen LogP contribution in [0.15, 0.2) is 36.4 Å². The van der Waals surface area contributed by atoms with Crippen LogP contribution in [0, 0.1) is 5.82 Å². The summed E-state index contributed by atoms with van der Waals surface area (Å²) < 4.78 is 24.1. The number of carbonyl (C=O) groups excluding carboxylic acids is 1. The maximum atomic E-state index is 13.7. The highest BCUT2D eigenvalue weighted by atomic mass is 19.1. The van der Waals surface area contributed by atoms with E-state index >= 15 is 0 Å². The minimum atomic E-state index is -0.388. The molecule has 132 valence electrons. The first-order valence-corrected chi connectivity index (χ1v) is 8.19. The number of ether oxygens (including phenoxy) is 2. The van der Waals surface area contributed by atoms with Crippen LogP contribution in [0.2, 0.25) is 0 Å². The van der Waals surface area contributed by atoms with Gasteiger partial charge in [0.15, 0.2) is 0 Å². The highest BCUT2D eigenvalue weighted by Gasteiger charge is 2.18. The molecule has 25 heavy (non-hydrogen) atoms. The zero-order valence-electron chi connectivity index (χ0n) is 14.3. The number of hydrogen-bond acceptors (Lipinski definition) is 4. The van der Waals surface area contributed by atoms with Crippen LogP contribution >= 0.6 is 0 Å². The van der Waals surface area contributed by atoms with Gasteiger partial charge in [0, 0.05) is 24.7 Å². The molecule has 1 saturated heterocycles. The maximum Gasteiger partial charge on any atom is 0.255 e. The Morgan fingerprint density at radius 3 is 2.28 bits per heavy atom. The van der Waals surface area contributed by atoms with Crippen molar-refractivity contribution in [2.75, 3.05) is 37.5 Å². The van der Waals surface area contributed by atoms with Gasteiger partial charge in [0.05, 0.1) is 25.6 Å². The fourth-order valence-electron chi connectivity index (χ4n) is 2.98. The molecule has 1 amide bonds. The Labute approximate surface area is 146 Å². The number of hydrogen-bond donors (Lipinski definition) is 1. The van der Waals surface area contributed by atoms with Crippen LogP contribution in [-0.4, -0.2) is 33.2 Å². The molecule has 0 unspecified atom stereocenters. The molecule has 1 heterocycles. The van der Waals surface area contributed by atoms with E-state index in [1.807, 2.05) is 0 Å². The number of carbonyl (C=O) groups is 1. The third-order valence-corrected chi connectivity index (χ3v) is 4.27. The molecular weight excluding hydrogens is 323 g/mol. The number of methoxy groups -OCH3 is 2. The van der Waals surface area contributed by atoms with Crippen molar-refractivity contribution in [3.05, 3.63) is 47.8 Å². The molecule has 2 aromatic rings. The molecule has 5 nitrogen and oxygen atoms in total. The lowest BCUT2D eigenvalue weighted by atomic mass is 10.1. The molecule has 6 heteroatoms. The zero-order chi connectivity index (χ0) is 17.8. The second-order valence-electron chi connectivity index (χ2n) is 5.91. The van der Waals surface area contributed by atoms with Crippen LogP contribution in [0.3, 0.4) is 0 Å². The Hall–Kier alpha value is -2.76. The lowest BCUT2D eigenvalue weighted by Crippen LogP contribution is -2.21. The lowest BCUT2D eigenvalue weighted by Gasteiger charge is -2.21. The number of nitrogens with one attached hydrogen (secondary N) is 1. The van der Waals surface area contributed by atoms with E-state index in [0.29, 0.717) is 22.7 Å². The molecule has 0 bridgehead atoms. The lowest BCUT2D eigenvalue weighted by molar-refractivity contribution is 0.102. The Bertz CT molecular complexity index is 751. The molecule has 3 rings (SSSR count). The van der Waals surface area contributed by atoms with E-state index in [9.17, 15) is 9.18 Å². The van der Waals surface area contributed by atoms with Gasteiger partial charge in [0.25, 0.3) is 5.91 Å². The maximum absolute atomic E-state index is 13.7. The number of nitrogens with zero attached hydrogens (tertiary/aromatic N) is 1. The van der Waals surface area contributed by atoms with Gasteiger partial charge in [-0.15, -0.1) is 0 Å². The fourth-order valence-corrected chi connectivity index (χ4v) is 2.98. The summed E-state index contributed by atoms with van der Waals surface area (Å²) in [5.41, 5.74) is 1.68. The van der Waals surface area contributed by atoms with Gasteiger partial charge in [-0.3, -0.25) is 4.79 Å². The quantitative estimate of drug-likeness (QED) is 0.899. The summed E-state index contributed by atoms with van der Waals surface area (Å²) in [4.78, 5) is 14.8. The first-order valence-electron chi connectivity index (χ1n) is 8.19. The predicted molar refractivity (Wildman–Crippen MR) is 95.3 cm³/mol. The largest absolute Gasteiger partial charge is 0.497 e. The molecule has 2 aromatic carbocycles. The summed E-state index contributed by atoms with van der Waals surface area (Å²) in [6, 6.07) is 9.40. The van der Waals surface area contributed by atoms with Crippen molar-refractivity contribution in [2.45, 2.75) is 12.8 Å². The highest BCUT2D eigenvalue weighted by molar-refractivity contribution is 6.06. The second kappa shape index (κ2) is 7.42. The van der Waals surface area contributed by atoms with Gasteiger partial charge in [-0.05, 0) is 43.2 Å². The molecule has 1 fully saturated rings. The van der Waals surface area contributed by atoms with Crippen LogP contribution < -0.4 is 19.7 Å². The van der Waals surface area contributed by atoms with E-state index < -0.39 is 0 Å². The molecule has 0 aliphatic carbocycles. The molecular formula is C19H21FN2O3. The third-order valence-electron chi connectivity index (χ3n) is 4.27. The van der Waals surface area contributed by atoms with Crippen LogP contribution in [0.1, 0.15) is 23.2 Å². The molecule has 1 aliphatic rings. The first kappa shape index (κ1) is 17.1. The van der Waals surface area contributed by atoms with Crippen LogP contribution in [0.25, 0.3) is 0 Å². The molecule has 0 radical (unpaired) electrons. The van der Waals surface area contributed by atoms with Crippen molar-refractivity contribution in [2.24, 2.45) is 0 Å². The van der Waals surface area contributed by atoms with Crippen molar-refractivity contribution in [1.82, 2.24) is 0 Å². The topological polar surface area (TPSA) is 50.8 Å². The average Bonchev–Trinajstić information content (AvgIpc) is 3.15. The van der Waals surface area contributed by atoms with E-state index in [-0.39, 0.29) is 11.7 Å². The Kier molecular flexibility index (Phi) is 5.07. The van der Waals surface area contributed by atoms with Crippen molar-refractivity contribution in [1.29, 1.82) is 0 Å². The van der Waals surface area contributed by atoms with Crippen molar-refractivity contribution >= 4 is 17.3 Å². The Morgan fingerprint density at radius 2 is 1.68 bits per heavy atom. The van der Waals surface area contributed by atoms with E-state index in [0.717, 1.165) is 31.6 Å². The number of rotatable bonds is 5. The van der Waals surface area contributed by atoms with Gasteiger partial charge in [0.2, 0.25) is 0 Å². The van der Waals surface area contributed by atoms with E-state index in [2.05, 4.69) is 10.2 Å². The van der Waals surface area contributed by atoms with Gasteiger partial charge in [-0.2, -0.15) is 0 Å². The normalized spacial score (nSPS) is 13.6. The fraction of sp³-hybridized carbons (Fsp3) is 0.316. The van der Waals surface area contributed by atoms with Gasteiger partial charge < -0.3 is 19.7 Å². The number of benzene rings is 2. The SMILES string of the molecule is COc1cc(OC)cc(C(=O)Nc2cc(F)ccc2N2CCCC2)c1. The minimum Gasteiger partial charge on any atom is -0.497 e. The van der Waals surface area contributed by atoms with Crippen LogP contribution in [-0.2, 0) is 0 Å². The molecule has 0 atom stereocenters. The summed E-state index contributed by atoms with van der Waals surface area (Å²) in [6.07, 6.45) is 2.19. The van der Waals surface area contributed by atoms with Gasteiger partial charge in [-0.1, -0.05) is 0 Å². The van der Waals surface area contributed by atoms with E-state index in [1.165, 1.54) is 26.4 Å². The number of amides is 1. The summed E-state index contributed by atoms with van der Waals surface area (Å²) in [6.45, 7) is 1.81. The van der Waals surface area contributed by atoms with Gasteiger partial charge >= 0.3 is 0 Å². The van der Waals surface area contributed by atoms with Crippen LogP contribution in [0.4, 0.5) is 15.8 Å². The summed E-state index contributed by atoms with van der Waals surface area (Å²) in [5.74, 6) is 0.303. The molecule has 0 saturated carbocycles. The minimum absolute atomic E-state index is 0.344. The molecule has 1 aliphatic heterocycles. The Morgan fingerprint density at radius 1 is 1.04 bits per heavy atom. The average molecular weight is 344 g/mol. The van der Waals surface area contributed by atoms with E-state index in [4.69, 9.17) is 9.47 Å². The summed E-state index contributed by atoms with van der Waals surface area (Å²) >= 11 is 0. The number of anilines is 2. The third kappa shape index (κ3) is 3.84. The smallest absolute Gasteiger partial charge is 0.255 e. The molecule has 0 spiro atoms. The van der Waals surface area contributed by atoms with Gasteiger partial charge in [-0.25, -0.2) is 4.39 Å². The summed E-state index contributed by atoms with van der Waals surface area (Å²) in [7, 11) is 3.04. The Balaban J connectivity index is 1.89. The highest BCUT2D eigenvalue weighted by Crippen LogP contribution is 2.31.